The van der Waals surface area contributed by atoms with Gasteiger partial charge in [0.25, 0.3) is 15.9 Å². The maximum atomic E-state index is 14.1. The van der Waals surface area contributed by atoms with Crippen molar-refractivity contribution in [2.75, 3.05) is 31.7 Å². The zero-order valence-corrected chi connectivity index (χ0v) is 23.2. The number of pyridine rings is 1. The van der Waals surface area contributed by atoms with E-state index in [1.807, 2.05) is 37.3 Å². The monoisotopic (exact) mass is 556 g/mol. The van der Waals surface area contributed by atoms with Crippen molar-refractivity contribution in [2.45, 2.75) is 44.2 Å². The number of hydrogen-bond acceptors (Lipinski definition) is 9. The second-order valence-electron chi connectivity index (χ2n) is 8.64. The summed E-state index contributed by atoms with van der Waals surface area (Å²) in [6.07, 6.45) is 4.92. The summed E-state index contributed by atoms with van der Waals surface area (Å²) in [5.74, 6) is 0.521. The van der Waals surface area contributed by atoms with Crippen LogP contribution in [0.5, 0.6) is 17.5 Å². The average molecular weight is 557 g/mol. The molecule has 0 saturated heterocycles. The van der Waals surface area contributed by atoms with Gasteiger partial charge in [-0.1, -0.05) is 18.2 Å². The third-order valence-electron chi connectivity index (χ3n) is 6.08. The zero-order valence-electron chi connectivity index (χ0n) is 22.4. The minimum absolute atomic E-state index is 0.000194. The predicted molar refractivity (Wildman–Crippen MR) is 145 cm³/mol. The minimum Gasteiger partial charge on any atom is -0.486 e. The van der Waals surface area contributed by atoms with Crippen molar-refractivity contribution in [1.82, 2.24) is 14.8 Å². The maximum Gasteiger partial charge on any atom is 0.305 e. The summed E-state index contributed by atoms with van der Waals surface area (Å²) in [4.78, 5) is 16.1. The number of hydrogen-bond donors (Lipinski definition) is 0. The van der Waals surface area contributed by atoms with Gasteiger partial charge in [0.05, 0.1) is 38.8 Å². The van der Waals surface area contributed by atoms with Gasteiger partial charge in [-0.3, -0.25) is 13.8 Å². The topological polar surface area (TPSA) is 122 Å². The Bertz CT molecular complexity index is 1450. The van der Waals surface area contributed by atoms with Crippen LogP contribution in [0.2, 0.25) is 0 Å². The van der Waals surface area contributed by atoms with Crippen molar-refractivity contribution >= 4 is 33.8 Å². The van der Waals surface area contributed by atoms with Crippen LogP contribution < -0.4 is 18.5 Å². The summed E-state index contributed by atoms with van der Waals surface area (Å²) in [6, 6.07) is 10.7. The third kappa shape index (κ3) is 6.33. The molecule has 0 aliphatic carbocycles. The molecule has 11 nitrogen and oxygen atoms in total. The standard InChI is InChI=1S/C27H32N4O7S/c1-5-30-18-24(27(29-30)37-6-2)39(33,34)31-17-21(13-15-26(32)36-4)38-23-14-11-19(16-22(23)31)10-12-20-8-7-9-25(28-20)35-3/h7-12,14,16,18,21H,5-6,13,15,17H2,1-4H3. The Morgan fingerprint density at radius 2 is 2.00 bits per heavy atom. The molecule has 1 unspecified atom stereocenters. The summed E-state index contributed by atoms with van der Waals surface area (Å²) in [5.41, 5.74) is 1.80. The Morgan fingerprint density at radius 3 is 2.72 bits per heavy atom. The molecule has 1 aliphatic heterocycles. The lowest BCUT2D eigenvalue weighted by atomic mass is 10.1. The fourth-order valence-corrected chi connectivity index (χ4v) is 5.67. The van der Waals surface area contributed by atoms with E-state index in [9.17, 15) is 13.2 Å². The molecule has 1 aliphatic rings. The number of esters is 1. The molecule has 3 aromatic rings. The summed E-state index contributed by atoms with van der Waals surface area (Å²) >= 11 is 0. The molecule has 1 atom stereocenters. The molecule has 1 aromatic carbocycles. The van der Waals surface area contributed by atoms with Crippen molar-refractivity contribution in [1.29, 1.82) is 0 Å². The molecule has 2 aromatic heterocycles. The third-order valence-corrected chi connectivity index (χ3v) is 7.84. The Kier molecular flexibility index (Phi) is 8.75. The SMILES string of the molecule is CCOc1nn(CC)cc1S(=O)(=O)N1CC(CCC(=O)OC)Oc2ccc(C=Cc3cccc(OC)n3)cc21. The first-order valence-electron chi connectivity index (χ1n) is 12.6. The molecule has 39 heavy (non-hydrogen) atoms. The summed E-state index contributed by atoms with van der Waals surface area (Å²) in [5, 5.41) is 4.29. The lowest BCUT2D eigenvalue weighted by Gasteiger charge is -2.35. The van der Waals surface area contributed by atoms with Crippen molar-refractivity contribution in [3.63, 3.8) is 0 Å². The van der Waals surface area contributed by atoms with Crippen LogP contribution in [0.3, 0.4) is 0 Å². The Balaban J connectivity index is 1.73. The van der Waals surface area contributed by atoms with Crippen LogP contribution in [0, 0.1) is 0 Å². The number of methoxy groups -OCH3 is 2. The number of nitrogens with zero attached hydrogens (tertiary/aromatic N) is 4. The fraction of sp³-hybridized carbons (Fsp3) is 0.370. The number of carbonyl (C=O) groups excluding carboxylic acids is 1. The molecule has 0 spiro atoms. The molecular formula is C27H32N4O7S. The summed E-state index contributed by atoms with van der Waals surface area (Å²) < 4.78 is 52.6. The quantitative estimate of drug-likeness (QED) is 0.325. The lowest BCUT2D eigenvalue weighted by molar-refractivity contribution is -0.141. The zero-order chi connectivity index (χ0) is 28.0. The molecule has 0 fully saturated rings. The van der Waals surface area contributed by atoms with Gasteiger partial charge in [-0.25, -0.2) is 13.4 Å². The van der Waals surface area contributed by atoms with Crippen LogP contribution in [0.25, 0.3) is 12.2 Å². The molecule has 3 heterocycles. The van der Waals surface area contributed by atoms with Gasteiger partial charge in [0.2, 0.25) is 5.88 Å². The largest absolute Gasteiger partial charge is 0.486 e. The van der Waals surface area contributed by atoms with E-state index >= 15 is 0 Å². The molecule has 4 rings (SSSR count). The first kappa shape index (κ1) is 28.0. The second-order valence-corrected chi connectivity index (χ2v) is 10.5. The molecule has 0 saturated carbocycles. The summed E-state index contributed by atoms with van der Waals surface area (Å²) in [6.45, 7) is 4.37. The van der Waals surface area contributed by atoms with E-state index in [1.165, 1.54) is 22.3 Å². The number of aromatic nitrogens is 3. The van der Waals surface area contributed by atoms with Crippen LogP contribution in [0.4, 0.5) is 5.69 Å². The lowest BCUT2D eigenvalue weighted by Crippen LogP contribution is -2.43. The molecule has 0 amide bonds. The first-order valence-corrected chi connectivity index (χ1v) is 14.0. The number of aryl methyl sites for hydroxylation is 1. The van der Waals surface area contributed by atoms with Gasteiger partial charge < -0.3 is 18.9 Å². The van der Waals surface area contributed by atoms with E-state index in [0.29, 0.717) is 29.6 Å². The van der Waals surface area contributed by atoms with Gasteiger partial charge in [-0.05, 0) is 50.1 Å². The maximum absolute atomic E-state index is 14.1. The molecular weight excluding hydrogens is 524 g/mol. The van der Waals surface area contributed by atoms with Crippen molar-refractivity contribution < 1.29 is 32.2 Å². The first-order chi connectivity index (χ1) is 18.8. The van der Waals surface area contributed by atoms with E-state index in [0.717, 1.165) is 5.56 Å². The van der Waals surface area contributed by atoms with Crippen LogP contribution >= 0.6 is 0 Å². The fourth-order valence-electron chi connectivity index (χ4n) is 4.09. The van der Waals surface area contributed by atoms with Gasteiger partial charge in [0, 0.05) is 25.2 Å². The number of carbonyl (C=O) groups is 1. The highest BCUT2D eigenvalue weighted by molar-refractivity contribution is 7.93. The molecule has 0 N–H and O–H groups in total. The van der Waals surface area contributed by atoms with Crippen molar-refractivity contribution in [3.05, 3.63) is 53.9 Å². The molecule has 208 valence electrons. The van der Waals surface area contributed by atoms with Gasteiger partial charge in [0.1, 0.15) is 11.9 Å². The van der Waals surface area contributed by atoms with E-state index in [-0.39, 0.29) is 36.8 Å². The molecule has 0 bridgehead atoms. The van der Waals surface area contributed by atoms with Crippen LogP contribution in [0.1, 0.15) is 37.9 Å². The highest BCUT2D eigenvalue weighted by atomic mass is 32.2. The second kappa shape index (κ2) is 12.2. The van der Waals surface area contributed by atoms with Crippen LogP contribution in [0.15, 0.2) is 47.5 Å². The Morgan fingerprint density at radius 1 is 1.18 bits per heavy atom. The van der Waals surface area contributed by atoms with Gasteiger partial charge in [-0.2, -0.15) is 0 Å². The van der Waals surface area contributed by atoms with E-state index in [1.54, 1.807) is 32.2 Å². The van der Waals surface area contributed by atoms with E-state index in [2.05, 4.69) is 10.1 Å². The van der Waals surface area contributed by atoms with Crippen molar-refractivity contribution in [3.8, 4) is 17.5 Å². The van der Waals surface area contributed by atoms with Gasteiger partial charge in [-0.15, -0.1) is 5.10 Å². The number of rotatable bonds is 11. The number of fused-ring (bicyclic) bond motifs is 1. The van der Waals surface area contributed by atoms with Gasteiger partial charge in [0.15, 0.2) is 4.90 Å². The predicted octanol–water partition coefficient (Wildman–Crippen LogP) is 3.79. The Hall–Kier alpha value is -4.06. The van der Waals surface area contributed by atoms with E-state index < -0.39 is 22.1 Å². The highest BCUT2D eigenvalue weighted by Crippen LogP contribution is 2.40. The van der Waals surface area contributed by atoms with Crippen LogP contribution in [-0.2, 0) is 26.1 Å². The van der Waals surface area contributed by atoms with Gasteiger partial charge >= 0.3 is 5.97 Å². The molecule has 12 heteroatoms. The van der Waals surface area contributed by atoms with Crippen LogP contribution in [-0.4, -0.2) is 62.6 Å². The molecule has 0 radical (unpaired) electrons. The Labute approximate surface area is 228 Å². The van der Waals surface area contributed by atoms with Crippen molar-refractivity contribution in [2.24, 2.45) is 0 Å². The number of benzene rings is 1. The highest BCUT2D eigenvalue weighted by Gasteiger charge is 2.37. The normalized spacial score (nSPS) is 15.1. The average Bonchev–Trinajstić information content (AvgIpc) is 3.38. The number of anilines is 1. The number of ether oxygens (including phenoxy) is 4. The minimum atomic E-state index is -4.11. The summed E-state index contributed by atoms with van der Waals surface area (Å²) in [7, 11) is -1.25. The van der Waals surface area contributed by atoms with E-state index in [4.69, 9.17) is 18.9 Å². The smallest absolute Gasteiger partial charge is 0.305 e. The number of sulfonamides is 1.